The van der Waals surface area contributed by atoms with Gasteiger partial charge in [0.05, 0.1) is 5.69 Å². The number of halogens is 6. The van der Waals surface area contributed by atoms with Crippen LogP contribution in [0.1, 0.15) is 54.4 Å². The summed E-state index contributed by atoms with van der Waals surface area (Å²) in [6.45, 7) is 1.62. The normalized spacial score (nSPS) is 16.8. The predicted octanol–water partition coefficient (Wildman–Crippen LogP) is 4.24. The third-order valence-electron chi connectivity index (χ3n) is 5.41. The first kappa shape index (κ1) is 24.2. The van der Waals surface area contributed by atoms with Crippen molar-refractivity contribution in [1.29, 1.82) is 0 Å². The number of hydrogen-bond donors (Lipinski definition) is 2. The van der Waals surface area contributed by atoms with Gasteiger partial charge in [-0.2, -0.15) is 13.2 Å². The molecule has 2 heterocycles. The van der Waals surface area contributed by atoms with E-state index in [0.29, 0.717) is 0 Å². The Hall–Kier alpha value is -2.43. The fourth-order valence-corrected chi connectivity index (χ4v) is 4.13. The van der Waals surface area contributed by atoms with Crippen LogP contribution in [0.4, 0.5) is 22.0 Å². The summed E-state index contributed by atoms with van der Waals surface area (Å²) in [5, 5.41) is 4.88. The standard InChI is InChI=1S/C20H22ClF5N4O2/c1-11(31)27-6-7-28-18(32)13-9-15(21)30-14(8-12-2-4-19(22,23)5-3-12)17(20(24,25)26)29-16(30)10-13/h9-10,12H,2-8H2,1H3,(H,27,31)(H,28,32). The number of aromatic nitrogens is 2. The minimum Gasteiger partial charge on any atom is -0.355 e. The molecular weight excluding hydrogens is 459 g/mol. The molecular formula is C20H22ClF5N4O2. The summed E-state index contributed by atoms with van der Waals surface area (Å²) in [6, 6.07) is 2.41. The van der Waals surface area contributed by atoms with Gasteiger partial charge in [-0.3, -0.25) is 14.0 Å². The average molecular weight is 481 g/mol. The van der Waals surface area contributed by atoms with Crippen molar-refractivity contribution in [3.8, 4) is 0 Å². The molecule has 2 amide bonds. The van der Waals surface area contributed by atoms with Gasteiger partial charge in [0.2, 0.25) is 11.8 Å². The molecule has 0 bridgehead atoms. The lowest BCUT2D eigenvalue weighted by Crippen LogP contribution is -2.33. The van der Waals surface area contributed by atoms with Crippen LogP contribution in [0.25, 0.3) is 5.65 Å². The van der Waals surface area contributed by atoms with Crippen molar-refractivity contribution < 1.29 is 31.5 Å². The molecule has 1 saturated carbocycles. The number of amides is 2. The number of rotatable bonds is 6. The second-order valence-corrected chi connectivity index (χ2v) is 8.29. The summed E-state index contributed by atoms with van der Waals surface area (Å²) in [5.74, 6) is -4.01. The van der Waals surface area contributed by atoms with Crippen LogP contribution in [0.5, 0.6) is 0 Å². The number of hydrogen-bond acceptors (Lipinski definition) is 3. The SMILES string of the molecule is CC(=O)NCCNC(=O)c1cc(Cl)n2c(CC3CCC(F)(F)CC3)c(C(F)(F)F)nc2c1. The largest absolute Gasteiger partial charge is 0.435 e. The quantitative estimate of drug-likeness (QED) is 0.369. The zero-order valence-corrected chi connectivity index (χ0v) is 17.9. The van der Waals surface area contributed by atoms with Crippen LogP contribution in [-0.2, 0) is 17.4 Å². The van der Waals surface area contributed by atoms with E-state index in [4.69, 9.17) is 11.6 Å². The summed E-state index contributed by atoms with van der Waals surface area (Å²) < 4.78 is 69.0. The number of carbonyl (C=O) groups excluding carboxylic acids is 2. The topological polar surface area (TPSA) is 75.5 Å². The lowest BCUT2D eigenvalue weighted by atomic mass is 9.83. The van der Waals surface area contributed by atoms with E-state index >= 15 is 0 Å². The molecule has 6 nitrogen and oxygen atoms in total. The molecule has 0 radical (unpaired) electrons. The van der Waals surface area contributed by atoms with Crippen molar-refractivity contribution in [2.75, 3.05) is 13.1 Å². The third kappa shape index (κ3) is 5.67. The summed E-state index contributed by atoms with van der Waals surface area (Å²) in [4.78, 5) is 26.9. The highest BCUT2D eigenvalue weighted by Crippen LogP contribution is 2.40. The van der Waals surface area contributed by atoms with Crippen LogP contribution in [0.3, 0.4) is 0 Å². The predicted molar refractivity (Wildman–Crippen MR) is 107 cm³/mol. The van der Waals surface area contributed by atoms with Crippen LogP contribution in [0.15, 0.2) is 12.1 Å². The molecule has 12 heteroatoms. The first-order chi connectivity index (χ1) is 14.9. The lowest BCUT2D eigenvalue weighted by molar-refractivity contribution is -0.141. The molecule has 1 fully saturated rings. The van der Waals surface area contributed by atoms with Gasteiger partial charge in [-0.15, -0.1) is 0 Å². The smallest absolute Gasteiger partial charge is 0.355 e. The Kier molecular flexibility index (Phi) is 6.97. The Morgan fingerprint density at radius 1 is 1.19 bits per heavy atom. The Bertz CT molecular complexity index is 1010. The third-order valence-corrected chi connectivity index (χ3v) is 5.68. The van der Waals surface area contributed by atoms with Crippen molar-refractivity contribution in [3.05, 3.63) is 34.2 Å². The fraction of sp³-hybridized carbons (Fsp3) is 0.550. The maximum atomic E-state index is 13.7. The molecule has 1 aliphatic carbocycles. The molecule has 3 rings (SSSR count). The molecule has 1 aliphatic rings. The number of alkyl halides is 5. The summed E-state index contributed by atoms with van der Waals surface area (Å²) in [6.07, 6.45) is -5.41. The monoisotopic (exact) mass is 480 g/mol. The van der Waals surface area contributed by atoms with E-state index in [0.717, 1.165) is 4.40 Å². The summed E-state index contributed by atoms with van der Waals surface area (Å²) >= 11 is 6.24. The number of carbonyl (C=O) groups is 2. The van der Waals surface area contributed by atoms with Crippen molar-refractivity contribution in [2.24, 2.45) is 5.92 Å². The summed E-state index contributed by atoms with van der Waals surface area (Å²) in [7, 11) is 0. The highest BCUT2D eigenvalue weighted by molar-refractivity contribution is 6.30. The van der Waals surface area contributed by atoms with E-state index in [9.17, 15) is 31.5 Å². The van der Waals surface area contributed by atoms with Gasteiger partial charge in [0.25, 0.3) is 5.91 Å². The van der Waals surface area contributed by atoms with Crippen LogP contribution >= 0.6 is 11.6 Å². The van der Waals surface area contributed by atoms with Gasteiger partial charge in [-0.1, -0.05) is 11.6 Å². The molecule has 0 aliphatic heterocycles. The van der Waals surface area contributed by atoms with E-state index < -0.39 is 23.7 Å². The molecule has 0 spiro atoms. The van der Waals surface area contributed by atoms with Crippen LogP contribution in [0.2, 0.25) is 5.15 Å². The molecule has 32 heavy (non-hydrogen) atoms. The highest BCUT2D eigenvalue weighted by Gasteiger charge is 2.40. The van der Waals surface area contributed by atoms with Gasteiger partial charge in [0, 0.05) is 38.4 Å². The zero-order valence-electron chi connectivity index (χ0n) is 17.2. The second kappa shape index (κ2) is 9.21. The minimum atomic E-state index is -4.77. The molecule has 2 aromatic heterocycles. The Labute approximate surface area is 185 Å². The maximum absolute atomic E-state index is 13.7. The first-order valence-corrected chi connectivity index (χ1v) is 10.4. The fourth-order valence-electron chi connectivity index (χ4n) is 3.82. The molecule has 2 aromatic rings. The molecule has 0 atom stereocenters. The van der Waals surface area contributed by atoms with Gasteiger partial charge in [-0.05, 0) is 37.3 Å². The maximum Gasteiger partial charge on any atom is 0.435 e. The highest BCUT2D eigenvalue weighted by atomic mass is 35.5. The first-order valence-electron chi connectivity index (χ1n) is 10.1. The molecule has 176 valence electrons. The zero-order chi connectivity index (χ0) is 23.7. The molecule has 0 aromatic carbocycles. The van der Waals surface area contributed by atoms with Gasteiger partial charge >= 0.3 is 6.18 Å². The van der Waals surface area contributed by atoms with E-state index in [-0.39, 0.29) is 79.1 Å². The Morgan fingerprint density at radius 2 is 1.81 bits per heavy atom. The number of pyridine rings is 1. The van der Waals surface area contributed by atoms with Gasteiger partial charge in [0.15, 0.2) is 5.69 Å². The van der Waals surface area contributed by atoms with E-state index in [1.54, 1.807) is 0 Å². The van der Waals surface area contributed by atoms with E-state index in [1.807, 2.05) is 0 Å². The molecule has 0 saturated heterocycles. The molecule has 0 unspecified atom stereocenters. The van der Waals surface area contributed by atoms with Gasteiger partial charge < -0.3 is 10.6 Å². The Morgan fingerprint density at radius 3 is 2.41 bits per heavy atom. The van der Waals surface area contributed by atoms with Crippen molar-refractivity contribution in [2.45, 2.75) is 51.1 Å². The Balaban J connectivity index is 1.88. The van der Waals surface area contributed by atoms with Crippen LogP contribution in [0, 0.1) is 5.92 Å². The lowest BCUT2D eigenvalue weighted by Gasteiger charge is -2.28. The second-order valence-electron chi connectivity index (χ2n) is 7.91. The van der Waals surface area contributed by atoms with Gasteiger partial charge in [-0.25, -0.2) is 13.8 Å². The van der Waals surface area contributed by atoms with E-state index in [1.165, 1.54) is 19.1 Å². The van der Waals surface area contributed by atoms with E-state index in [2.05, 4.69) is 15.6 Å². The average Bonchev–Trinajstić information content (AvgIpc) is 3.06. The van der Waals surface area contributed by atoms with Gasteiger partial charge in [0.1, 0.15) is 10.8 Å². The van der Waals surface area contributed by atoms with Crippen molar-refractivity contribution in [3.63, 3.8) is 0 Å². The van der Waals surface area contributed by atoms with Crippen LogP contribution < -0.4 is 10.6 Å². The molecule has 2 N–H and O–H groups in total. The number of imidazole rings is 1. The van der Waals surface area contributed by atoms with Crippen molar-refractivity contribution >= 4 is 29.1 Å². The summed E-state index contributed by atoms with van der Waals surface area (Å²) in [5.41, 5.74) is -1.49. The minimum absolute atomic E-state index is 0.00732. The van der Waals surface area contributed by atoms with Crippen LogP contribution in [-0.4, -0.2) is 40.2 Å². The van der Waals surface area contributed by atoms with Crippen molar-refractivity contribution in [1.82, 2.24) is 20.0 Å². The number of fused-ring (bicyclic) bond motifs is 1. The number of nitrogens with one attached hydrogen (secondary N) is 2. The number of nitrogens with zero attached hydrogens (tertiary/aromatic N) is 2.